The molecule has 20 heavy (non-hydrogen) atoms. The standard InChI is InChI=1S/C13H21ClN2O2S2/c1-10-6-13(19-12(10)7-14)20(17,18)16(3)9-11-4-5-15(2)8-11/h6,11H,4-5,7-9H2,1-3H3. The maximum atomic E-state index is 12.6. The summed E-state index contributed by atoms with van der Waals surface area (Å²) in [4.78, 5) is 3.17. The molecule has 4 nitrogen and oxygen atoms in total. The van der Waals surface area contributed by atoms with Gasteiger partial charge in [0.05, 0.1) is 5.88 Å². The van der Waals surface area contributed by atoms with Crippen LogP contribution >= 0.6 is 22.9 Å². The molecule has 0 N–H and O–H groups in total. The van der Waals surface area contributed by atoms with E-state index in [1.165, 1.54) is 15.6 Å². The molecule has 1 saturated heterocycles. The van der Waals surface area contributed by atoms with E-state index in [9.17, 15) is 8.42 Å². The second-order valence-corrected chi connectivity index (χ2v) is 9.18. The third-order valence-corrected chi connectivity index (χ3v) is 7.72. The number of sulfonamides is 1. The van der Waals surface area contributed by atoms with Crippen molar-refractivity contribution in [1.82, 2.24) is 9.21 Å². The van der Waals surface area contributed by atoms with E-state index in [2.05, 4.69) is 11.9 Å². The van der Waals surface area contributed by atoms with E-state index in [1.54, 1.807) is 13.1 Å². The minimum atomic E-state index is -3.38. The van der Waals surface area contributed by atoms with Crippen LogP contribution in [0, 0.1) is 12.8 Å². The number of rotatable bonds is 5. The van der Waals surface area contributed by atoms with E-state index in [-0.39, 0.29) is 0 Å². The van der Waals surface area contributed by atoms with Crippen LogP contribution in [0.5, 0.6) is 0 Å². The van der Waals surface area contributed by atoms with E-state index in [1.807, 2.05) is 6.92 Å². The molecule has 0 saturated carbocycles. The Bertz CT molecular complexity index is 571. The zero-order chi connectivity index (χ0) is 14.9. The van der Waals surface area contributed by atoms with Gasteiger partial charge in [0.2, 0.25) is 0 Å². The van der Waals surface area contributed by atoms with Crippen molar-refractivity contribution in [2.24, 2.45) is 5.92 Å². The number of hydrogen-bond donors (Lipinski definition) is 0. The Kier molecular flexibility index (Phi) is 5.13. The molecule has 1 aliphatic rings. The third-order valence-electron chi connectivity index (χ3n) is 3.79. The molecule has 0 bridgehead atoms. The van der Waals surface area contributed by atoms with Crippen molar-refractivity contribution < 1.29 is 8.42 Å². The highest BCUT2D eigenvalue weighted by Crippen LogP contribution is 2.30. The quantitative estimate of drug-likeness (QED) is 0.775. The van der Waals surface area contributed by atoms with E-state index in [0.717, 1.165) is 30.0 Å². The molecule has 1 aliphatic heterocycles. The average Bonchev–Trinajstić information content (AvgIpc) is 2.95. The second kappa shape index (κ2) is 6.32. The van der Waals surface area contributed by atoms with Crippen LogP contribution in [0.4, 0.5) is 0 Å². The first-order valence-corrected chi connectivity index (χ1v) is 9.44. The average molecular weight is 337 g/mol. The predicted octanol–water partition coefficient (Wildman–Crippen LogP) is 2.37. The Hall–Kier alpha value is -0.140. The molecule has 114 valence electrons. The fraction of sp³-hybridized carbons (Fsp3) is 0.692. The molecule has 1 atom stereocenters. The van der Waals surface area contributed by atoms with E-state index in [4.69, 9.17) is 11.6 Å². The van der Waals surface area contributed by atoms with Gasteiger partial charge in [0.25, 0.3) is 10.0 Å². The van der Waals surface area contributed by atoms with Crippen molar-refractivity contribution >= 4 is 33.0 Å². The van der Waals surface area contributed by atoms with Crippen LogP contribution in [0.3, 0.4) is 0 Å². The van der Waals surface area contributed by atoms with Crippen molar-refractivity contribution in [3.63, 3.8) is 0 Å². The normalized spacial score (nSPS) is 20.9. The summed E-state index contributed by atoms with van der Waals surface area (Å²) in [6, 6.07) is 1.73. The Morgan fingerprint density at radius 1 is 1.55 bits per heavy atom. The summed E-state index contributed by atoms with van der Waals surface area (Å²) in [5, 5.41) is 0. The summed E-state index contributed by atoms with van der Waals surface area (Å²) in [5.74, 6) is 0.789. The fourth-order valence-corrected chi connectivity index (χ4v) is 5.81. The second-order valence-electron chi connectivity index (χ2n) is 5.51. The first-order chi connectivity index (χ1) is 9.34. The number of aryl methyl sites for hydroxylation is 1. The molecule has 0 amide bonds. The van der Waals surface area contributed by atoms with Crippen LogP contribution in [0.2, 0.25) is 0 Å². The highest BCUT2D eigenvalue weighted by atomic mass is 35.5. The van der Waals surface area contributed by atoms with Crippen molar-refractivity contribution in [3.8, 4) is 0 Å². The molecule has 0 aromatic carbocycles. The maximum Gasteiger partial charge on any atom is 0.252 e. The van der Waals surface area contributed by atoms with Crippen molar-refractivity contribution in [2.75, 3.05) is 33.7 Å². The van der Waals surface area contributed by atoms with Gasteiger partial charge in [0, 0.05) is 25.0 Å². The van der Waals surface area contributed by atoms with E-state index < -0.39 is 10.0 Å². The molecule has 1 aromatic heterocycles. The maximum absolute atomic E-state index is 12.6. The van der Waals surface area contributed by atoms with Gasteiger partial charge in [-0.2, -0.15) is 4.31 Å². The smallest absolute Gasteiger partial charge is 0.252 e. The predicted molar refractivity (Wildman–Crippen MR) is 84.0 cm³/mol. The van der Waals surface area contributed by atoms with Crippen LogP contribution in [0.1, 0.15) is 16.9 Å². The number of likely N-dealkylation sites (tertiary alicyclic amines) is 1. The van der Waals surface area contributed by atoms with Crippen LogP contribution < -0.4 is 0 Å². The number of nitrogens with zero attached hydrogens (tertiary/aromatic N) is 2. The summed E-state index contributed by atoms with van der Waals surface area (Å²) < 4.78 is 27.0. The molecule has 1 unspecified atom stereocenters. The van der Waals surface area contributed by atoms with Crippen molar-refractivity contribution in [2.45, 2.75) is 23.4 Å². The zero-order valence-corrected chi connectivity index (χ0v) is 14.5. The molecule has 2 rings (SSSR count). The first kappa shape index (κ1) is 16.2. The van der Waals surface area contributed by atoms with Crippen LogP contribution in [0.15, 0.2) is 10.3 Å². The van der Waals surface area contributed by atoms with Crippen LogP contribution in [0.25, 0.3) is 0 Å². The molecular formula is C13H21ClN2O2S2. The monoisotopic (exact) mass is 336 g/mol. The van der Waals surface area contributed by atoms with Gasteiger partial charge in [-0.05, 0) is 44.5 Å². The topological polar surface area (TPSA) is 40.6 Å². The summed E-state index contributed by atoms with van der Waals surface area (Å²) >= 11 is 7.11. The van der Waals surface area contributed by atoms with Gasteiger partial charge in [-0.15, -0.1) is 22.9 Å². The van der Waals surface area contributed by atoms with E-state index in [0.29, 0.717) is 22.6 Å². The third kappa shape index (κ3) is 3.36. The van der Waals surface area contributed by atoms with Crippen LogP contribution in [-0.2, 0) is 15.9 Å². The molecular weight excluding hydrogens is 316 g/mol. The van der Waals surface area contributed by atoms with Crippen LogP contribution in [-0.4, -0.2) is 51.4 Å². The van der Waals surface area contributed by atoms with E-state index >= 15 is 0 Å². The Labute approximate surface area is 130 Å². The lowest BCUT2D eigenvalue weighted by Crippen LogP contribution is -2.32. The van der Waals surface area contributed by atoms with Crippen molar-refractivity contribution in [1.29, 1.82) is 0 Å². The molecule has 7 heteroatoms. The minimum absolute atomic E-state index is 0.364. The number of hydrogen-bond acceptors (Lipinski definition) is 4. The highest BCUT2D eigenvalue weighted by Gasteiger charge is 2.28. The molecule has 0 radical (unpaired) electrons. The first-order valence-electron chi connectivity index (χ1n) is 6.64. The molecule has 1 fully saturated rings. The lowest BCUT2D eigenvalue weighted by atomic mass is 10.1. The Balaban J connectivity index is 2.12. The summed E-state index contributed by atoms with van der Waals surface area (Å²) in [7, 11) is 0.362. The summed E-state index contributed by atoms with van der Waals surface area (Å²) in [6.45, 7) is 4.50. The van der Waals surface area contributed by atoms with Crippen molar-refractivity contribution in [3.05, 3.63) is 16.5 Å². The molecule has 0 spiro atoms. The highest BCUT2D eigenvalue weighted by molar-refractivity contribution is 7.91. The van der Waals surface area contributed by atoms with Gasteiger partial charge < -0.3 is 4.90 Å². The van der Waals surface area contributed by atoms with Gasteiger partial charge in [-0.25, -0.2) is 8.42 Å². The zero-order valence-electron chi connectivity index (χ0n) is 12.1. The lowest BCUT2D eigenvalue weighted by molar-refractivity contribution is 0.357. The Morgan fingerprint density at radius 3 is 2.75 bits per heavy atom. The number of thiophene rings is 1. The summed E-state index contributed by atoms with van der Waals surface area (Å²) in [6.07, 6.45) is 1.06. The summed E-state index contributed by atoms with van der Waals surface area (Å²) in [5.41, 5.74) is 0.956. The molecule has 2 heterocycles. The van der Waals surface area contributed by atoms with Gasteiger partial charge in [0.1, 0.15) is 4.21 Å². The minimum Gasteiger partial charge on any atom is -0.306 e. The van der Waals surface area contributed by atoms with Gasteiger partial charge in [-0.1, -0.05) is 0 Å². The molecule has 0 aliphatic carbocycles. The fourth-order valence-electron chi connectivity index (χ4n) is 2.54. The van der Waals surface area contributed by atoms with Gasteiger partial charge >= 0.3 is 0 Å². The van der Waals surface area contributed by atoms with Gasteiger partial charge in [0.15, 0.2) is 0 Å². The number of alkyl halides is 1. The SMILES string of the molecule is Cc1cc(S(=O)(=O)N(C)CC2CCN(C)C2)sc1CCl. The largest absolute Gasteiger partial charge is 0.306 e. The number of halogens is 1. The van der Waals surface area contributed by atoms with Gasteiger partial charge in [-0.3, -0.25) is 0 Å². The Morgan fingerprint density at radius 2 is 2.25 bits per heavy atom. The molecule has 1 aromatic rings. The lowest BCUT2D eigenvalue weighted by Gasteiger charge is -2.20.